The molecule has 15 heavy (non-hydrogen) atoms. The monoisotopic (exact) mass is 216 g/mol. The predicted molar refractivity (Wildman–Crippen MR) is 56.6 cm³/mol. The molecule has 0 saturated heterocycles. The van der Waals surface area contributed by atoms with Crippen LogP contribution in [0.3, 0.4) is 0 Å². The van der Waals surface area contributed by atoms with Gasteiger partial charge in [0, 0.05) is 12.8 Å². The van der Waals surface area contributed by atoms with E-state index in [2.05, 4.69) is 0 Å². The molecule has 0 fully saturated rings. The van der Waals surface area contributed by atoms with Crippen LogP contribution in [0.5, 0.6) is 0 Å². The van der Waals surface area contributed by atoms with Gasteiger partial charge in [0.15, 0.2) is 0 Å². The maximum atomic E-state index is 10.9. The summed E-state index contributed by atoms with van der Waals surface area (Å²) in [5.74, 6) is -0.882. The molecule has 0 bridgehead atoms. The molecule has 0 amide bonds. The number of unbranched alkanes of at least 4 members (excludes halogenated alkanes) is 3. The highest BCUT2D eigenvalue weighted by Crippen LogP contribution is 2.03. The SMILES string of the molecule is CCCC(=O)OCCCCCCC(=O)O. The summed E-state index contributed by atoms with van der Waals surface area (Å²) in [6.45, 7) is 2.40. The predicted octanol–water partition coefficient (Wildman–Crippen LogP) is 2.36. The van der Waals surface area contributed by atoms with Crippen molar-refractivity contribution in [3.05, 3.63) is 0 Å². The Labute approximate surface area is 90.6 Å². The number of carbonyl (C=O) groups is 2. The molecule has 0 saturated carbocycles. The van der Waals surface area contributed by atoms with Crippen molar-refractivity contribution in [2.45, 2.75) is 51.9 Å². The molecule has 0 spiro atoms. The molecule has 0 aromatic carbocycles. The van der Waals surface area contributed by atoms with Crippen LogP contribution < -0.4 is 0 Å². The lowest BCUT2D eigenvalue weighted by Gasteiger charge is -2.03. The Morgan fingerprint density at radius 2 is 1.73 bits per heavy atom. The zero-order chi connectivity index (χ0) is 11.5. The molecule has 0 aliphatic heterocycles. The van der Waals surface area contributed by atoms with Gasteiger partial charge in [0.2, 0.25) is 0 Å². The van der Waals surface area contributed by atoms with Gasteiger partial charge in [0.25, 0.3) is 0 Å². The van der Waals surface area contributed by atoms with Gasteiger partial charge in [-0.1, -0.05) is 19.8 Å². The van der Waals surface area contributed by atoms with Crippen molar-refractivity contribution in [3.8, 4) is 0 Å². The maximum absolute atomic E-state index is 10.9. The number of ether oxygens (including phenoxy) is 1. The van der Waals surface area contributed by atoms with E-state index >= 15 is 0 Å². The summed E-state index contributed by atoms with van der Waals surface area (Å²) in [7, 11) is 0. The van der Waals surface area contributed by atoms with Crippen LogP contribution in [-0.4, -0.2) is 23.7 Å². The molecule has 0 aliphatic rings. The first-order valence-corrected chi connectivity index (χ1v) is 5.54. The first kappa shape index (κ1) is 13.9. The normalized spacial score (nSPS) is 9.93. The van der Waals surface area contributed by atoms with Gasteiger partial charge >= 0.3 is 11.9 Å². The van der Waals surface area contributed by atoms with E-state index < -0.39 is 5.97 Å². The molecule has 0 rings (SSSR count). The van der Waals surface area contributed by atoms with Gasteiger partial charge in [-0.05, 0) is 19.3 Å². The minimum absolute atomic E-state index is 0.136. The van der Waals surface area contributed by atoms with Crippen molar-refractivity contribution in [1.82, 2.24) is 0 Å². The van der Waals surface area contributed by atoms with E-state index in [0.717, 1.165) is 25.7 Å². The number of hydrogen-bond donors (Lipinski definition) is 1. The van der Waals surface area contributed by atoms with Gasteiger partial charge in [-0.3, -0.25) is 9.59 Å². The number of aliphatic carboxylic acids is 1. The Morgan fingerprint density at radius 1 is 1.07 bits per heavy atom. The van der Waals surface area contributed by atoms with E-state index in [1.165, 1.54) is 0 Å². The van der Waals surface area contributed by atoms with Crippen molar-refractivity contribution in [1.29, 1.82) is 0 Å². The van der Waals surface area contributed by atoms with Gasteiger partial charge in [-0.2, -0.15) is 0 Å². The molecule has 0 aliphatic carbocycles. The summed E-state index contributed by atoms with van der Waals surface area (Å²) in [6.07, 6.45) is 4.88. The highest BCUT2D eigenvalue weighted by molar-refractivity contribution is 5.69. The third-order valence-electron chi connectivity index (χ3n) is 2.00. The van der Waals surface area contributed by atoms with Gasteiger partial charge < -0.3 is 9.84 Å². The lowest BCUT2D eigenvalue weighted by molar-refractivity contribution is -0.143. The fraction of sp³-hybridized carbons (Fsp3) is 0.818. The molecular formula is C11H20O4. The van der Waals surface area contributed by atoms with Crippen LogP contribution in [0.15, 0.2) is 0 Å². The first-order chi connectivity index (χ1) is 7.16. The summed E-state index contributed by atoms with van der Waals surface area (Å²) >= 11 is 0. The van der Waals surface area contributed by atoms with Crippen LogP contribution in [0.4, 0.5) is 0 Å². The summed E-state index contributed by atoms with van der Waals surface area (Å²) in [4.78, 5) is 21.1. The number of carboxylic acid groups (broad SMARTS) is 1. The van der Waals surface area contributed by atoms with Gasteiger partial charge in [-0.25, -0.2) is 0 Å². The zero-order valence-corrected chi connectivity index (χ0v) is 9.33. The van der Waals surface area contributed by atoms with Crippen LogP contribution >= 0.6 is 0 Å². The Balaban J connectivity index is 3.11. The van der Waals surface area contributed by atoms with Crippen molar-refractivity contribution in [2.75, 3.05) is 6.61 Å². The number of rotatable bonds is 9. The van der Waals surface area contributed by atoms with E-state index in [1.54, 1.807) is 0 Å². The quantitative estimate of drug-likeness (QED) is 0.474. The lowest BCUT2D eigenvalue weighted by atomic mass is 10.1. The van der Waals surface area contributed by atoms with E-state index in [0.29, 0.717) is 19.4 Å². The van der Waals surface area contributed by atoms with Crippen LogP contribution in [0.2, 0.25) is 0 Å². The number of carbonyl (C=O) groups excluding carboxylic acids is 1. The Hall–Kier alpha value is -1.06. The van der Waals surface area contributed by atoms with E-state index in [4.69, 9.17) is 9.84 Å². The molecule has 0 aromatic rings. The summed E-state index contributed by atoms with van der Waals surface area (Å²) < 4.78 is 4.95. The highest BCUT2D eigenvalue weighted by Gasteiger charge is 2.00. The molecule has 0 heterocycles. The van der Waals surface area contributed by atoms with E-state index in [9.17, 15) is 9.59 Å². The second-order valence-electron chi connectivity index (χ2n) is 3.53. The summed E-state index contributed by atoms with van der Waals surface area (Å²) in [5, 5.41) is 8.38. The van der Waals surface area contributed by atoms with E-state index in [-0.39, 0.29) is 12.4 Å². The molecule has 0 radical (unpaired) electrons. The minimum atomic E-state index is -0.746. The largest absolute Gasteiger partial charge is 0.481 e. The smallest absolute Gasteiger partial charge is 0.305 e. The average molecular weight is 216 g/mol. The first-order valence-electron chi connectivity index (χ1n) is 5.54. The second-order valence-corrected chi connectivity index (χ2v) is 3.53. The van der Waals surface area contributed by atoms with Crippen LogP contribution in [0.25, 0.3) is 0 Å². The highest BCUT2D eigenvalue weighted by atomic mass is 16.5. The van der Waals surface area contributed by atoms with Crippen molar-refractivity contribution < 1.29 is 19.4 Å². The molecule has 4 heteroatoms. The molecule has 1 N–H and O–H groups in total. The zero-order valence-electron chi connectivity index (χ0n) is 9.33. The molecular weight excluding hydrogens is 196 g/mol. The maximum Gasteiger partial charge on any atom is 0.305 e. The Bertz CT molecular complexity index is 189. The topological polar surface area (TPSA) is 63.6 Å². The standard InChI is InChI=1S/C11H20O4/c1-2-7-11(14)15-9-6-4-3-5-8-10(12)13/h2-9H2,1H3,(H,12,13). The van der Waals surface area contributed by atoms with Gasteiger partial charge in [0.1, 0.15) is 0 Å². The third-order valence-corrected chi connectivity index (χ3v) is 2.00. The Morgan fingerprint density at radius 3 is 2.33 bits per heavy atom. The third kappa shape index (κ3) is 10.9. The number of hydrogen-bond acceptors (Lipinski definition) is 3. The Kier molecular flexibility index (Phi) is 8.82. The second kappa shape index (κ2) is 9.49. The minimum Gasteiger partial charge on any atom is -0.481 e. The van der Waals surface area contributed by atoms with Crippen LogP contribution in [-0.2, 0) is 14.3 Å². The molecule has 0 aromatic heterocycles. The summed E-state index contributed by atoms with van der Waals surface area (Å²) in [5.41, 5.74) is 0. The fourth-order valence-corrected chi connectivity index (χ4v) is 1.19. The van der Waals surface area contributed by atoms with Gasteiger partial charge in [0.05, 0.1) is 6.61 Å². The number of carboxylic acids is 1. The molecule has 0 unspecified atom stereocenters. The van der Waals surface area contributed by atoms with Crippen molar-refractivity contribution in [2.24, 2.45) is 0 Å². The van der Waals surface area contributed by atoms with Crippen molar-refractivity contribution >= 4 is 11.9 Å². The average Bonchev–Trinajstić information content (AvgIpc) is 2.16. The van der Waals surface area contributed by atoms with E-state index in [1.807, 2.05) is 6.92 Å². The lowest BCUT2D eigenvalue weighted by Crippen LogP contribution is -2.04. The molecule has 0 atom stereocenters. The van der Waals surface area contributed by atoms with Crippen LogP contribution in [0.1, 0.15) is 51.9 Å². The fourth-order valence-electron chi connectivity index (χ4n) is 1.19. The summed E-state index contributed by atoms with van der Waals surface area (Å²) in [6, 6.07) is 0. The van der Waals surface area contributed by atoms with Gasteiger partial charge in [-0.15, -0.1) is 0 Å². The number of esters is 1. The molecule has 88 valence electrons. The molecule has 4 nitrogen and oxygen atoms in total. The van der Waals surface area contributed by atoms with Crippen molar-refractivity contribution in [3.63, 3.8) is 0 Å². The van der Waals surface area contributed by atoms with Crippen LogP contribution in [0, 0.1) is 0 Å².